The number of thioether (sulfide) groups is 1. The number of rotatable bonds is 6. The van der Waals surface area contributed by atoms with E-state index in [1.807, 2.05) is 67.3 Å². The Morgan fingerprint density at radius 2 is 1.65 bits per heavy atom. The number of likely N-dealkylation sites (tertiary alicyclic amines) is 1. The van der Waals surface area contributed by atoms with Gasteiger partial charge in [-0.2, -0.15) is 0 Å². The fourth-order valence-corrected chi connectivity index (χ4v) is 5.57. The molecule has 1 saturated heterocycles. The molecule has 0 saturated carbocycles. The molecule has 1 aromatic heterocycles. The lowest BCUT2D eigenvalue weighted by Crippen LogP contribution is -2.40. The van der Waals surface area contributed by atoms with Crippen molar-refractivity contribution >= 4 is 34.8 Å². The number of hydrogen-bond donors (Lipinski definition) is 0. The van der Waals surface area contributed by atoms with Gasteiger partial charge in [-0.05, 0) is 44.4 Å². The van der Waals surface area contributed by atoms with Gasteiger partial charge in [-0.25, -0.2) is 4.98 Å². The second-order valence-corrected chi connectivity index (χ2v) is 10.1. The molecule has 1 aliphatic rings. The van der Waals surface area contributed by atoms with Crippen LogP contribution in [-0.4, -0.2) is 34.7 Å². The Labute approximate surface area is 191 Å². The SMILES string of the molecule is Cc1ccc(C(=O)C2CCN(C(=O)c3ccc(CSc4nc(C)cs4)cc3)CC2)cc1. The number of hydrogen-bond acceptors (Lipinski definition) is 5. The molecule has 31 heavy (non-hydrogen) atoms. The highest BCUT2D eigenvalue weighted by molar-refractivity contribution is 8.00. The van der Waals surface area contributed by atoms with E-state index in [2.05, 4.69) is 10.4 Å². The van der Waals surface area contributed by atoms with Crippen LogP contribution < -0.4 is 0 Å². The number of benzene rings is 2. The van der Waals surface area contributed by atoms with E-state index >= 15 is 0 Å². The summed E-state index contributed by atoms with van der Waals surface area (Å²) in [6.07, 6.45) is 1.45. The second-order valence-electron chi connectivity index (χ2n) is 8.04. The summed E-state index contributed by atoms with van der Waals surface area (Å²) in [4.78, 5) is 32.0. The van der Waals surface area contributed by atoms with E-state index in [-0.39, 0.29) is 17.6 Å². The largest absolute Gasteiger partial charge is 0.339 e. The van der Waals surface area contributed by atoms with Gasteiger partial charge in [-0.15, -0.1) is 11.3 Å². The zero-order valence-corrected chi connectivity index (χ0v) is 19.5. The first-order valence-corrected chi connectivity index (χ1v) is 12.4. The molecule has 4 rings (SSSR count). The molecule has 0 N–H and O–H groups in total. The lowest BCUT2D eigenvalue weighted by molar-refractivity contribution is 0.0650. The van der Waals surface area contributed by atoms with Crippen molar-refractivity contribution in [2.24, 2.45) is 5.92 Å². The van der Waals surface area contributed by atoms with Crippen molar-refractivity contribution in [2.45, 2.75) is 36.8 Å². The Bertz CT molecular complexity index is 1050. The molecule has 160 valence electrons. The number of nitrogens with zero attached hydrogens (tertiary/aromatic N) is 2. The number of aryl methyl sites for hydroxylation is 2. The third-order valence-electron chi connectivity index (χ3n) is 5.65. The van der Waals surface area contributed by atoms with E-state index in [1.165, 1.54) is 5.56 Å². The number of thiazole rings is 1. The Balaban J connectivity index is 1.30. The maximum atomic E-state index is 12.9. The summed E-state index contributed by atoms with van der Waals surface area (Å²) in [5.41, 5.74) is 4.87. The molecule has 0 bridgehead atoms. The minimum atomic E-state index is 0.000606. The molecule has 1 aliphatic heterocycles. The van der Waals surface area contributed by atoms with Crippen LogP contribution in [-0.2, 0) is 5.75 Å². The minimum Gasteiger partial charge on any atom is -0.339 e. The summed E-state index contributed by atoms with van der Waals surface area (Å²) in [5.74, 6) is 1.09. The first-order valence-electron chi connectivity index (χ1n) is 10.5. The van der Waals surface area contributed by atoms with E-state index in [1.54, 1.807) is 23.1 Å². The van der Waals surface area contributed by atoms with Crippen LogP contribution in [0.1, 0.15) is 50.4 Å². The summed E-state index contributed by atoms with van der Waals surface area (Å²) in [5, 5.41) is 2.06. The topological polar surface area (TPSA) is 50.3 Å². The standard InChI is InChI=1S/C25H26N2O2S2/c1-17-3-7-20(8-4-17)23(28)21-11-13-27(14-12-21)24(29)22-9-5-19(6-10-22)16-31-25-26-18(2)15-30-25/h3-10,15,21H,11-14,16H2,1-2H3. The first kappa shape index (κ1) is 21.8. The highest BCUT2D eigenvalue weighted by atomic mass is 32.2. The highest BCUT2D eigenvalue weighted by Gasteiger charge is 2.28. The van der Waals surface area contributed by atoms with Crippen molar-refractivity contribution in [1.29, 1.82) is 0 Å². The van der Waals surface area contributed by atoms with Crippen LogP contribution >= 0.6 is 23.1 Å². The molecule has 0 radical (unpaired) electrons. The van der Waals surface area contributed by atoms with Crippen LogP contribution in [0.5, 0.6) is 0 Å². The number of amides is 1. The lowest BCUT2D eigenvalue weighted by Gasteiger charge is -2.31. The predicted octanol–water partition coefficient (Wildman–Crippen LogP) is 5.79. The molecule has 4 nitrogen and oxygen atoms in total. The van der Waals surface area contributed by atoms with Gasteiger partial charge in [-0.3, -0.25) is 9.59 Å². The fraction of sp³-hybridized carbons (Fsp3) is 0.320. The average molecular weight is 451 g/mol. The van der Waals surface area contributed by atoms with E-state index in [0.717, 1.165) is 39.8 Å². The van der Waals surface area contributed by atoms with Crippen molar-refractivity contribution in [1.82, 2.24) is 9.88 Å². The molecule has 2 aromatic carbocycles. The fourth-order valence-electron chi connectivity index (χ4n) is 3.77. The van der Waals surface area contributed by atoms with Gasteiger partial charge in [-0.1, -0.05) is 53.7 Å². The number of ketones is 1. The Morgan fingerprint density at radius 1 is 1.00 bits per heavy atom. The Hall–Kier alpha value is -2.44. The van der Waals surface area contributed by atoms with Gasteiger partial charge in [0.25, 0.3) is 5.91 Å². The van der Waals surface area contributed by atoms with Gasteiger partial charge < -0.3 is 4.90 Å². The predicted molar refractivity (Wildman–Crippen MR) is 127 cm³/mol. The lowest BCUT2D eigenvalue weighted by atomic mass is 9.88. The van der Waals surface area contributed by atoms with Crippen LogP contribution in [0, 0.1) is 19.8 Å². The molecule has 0 aliphatic carbocycles. The van der Waals surface area contributed by atoms with Gasteiger partial charge >= 0.3 is 0 Å². The Kier molecular flexibility index (Phi) is 6.88. The number of carbonyl (C=O) groups excluding carboxylic acids is 2. The van der Waals surface area contributed by atoms with E-state index in [4.69, 9.17) is 0 Å². The smallest absolute Gasteiger partial charge is 0.253 e. The molecule has 1 fully saturated rings. The quantitative estimate of drug-likeness (QED) is 0.352. The molecule has 6 heteroatoms. The van der Waals surface area contributed by atoms with Crippen LogP contribution in [0.4, 0.5) is 0 Å². The number of Topliss-reactive ketones (excluding diaryl/α,β-unsaturated/α-hetero) is 1. The van der Waals surface area contributed by atoms with Gasteiger partial charge in [0, 0.05) is 47.0 Å². The maximum Gasteiger partial charge on any atom is 0.253 e. The zero-order valence-electron chi connectivity index (χ0n) is 17.8. The van der Waals surface area contributed by atoms with Crippen molar-refractivity contribution in [2.75, 3.05) is 13.1 Å². The van der Waals surface area contributed by atoms with Crippen LogP contribution in [0.25, 0.3) is 0 Å². The zero-order chi connectivity index (χ0) is 21.8. The monoisotopic (exact) mass is 450 g/mol. The number of aromatic nitrogens is 1. The van der Waals surface area contributed by atoms with Crippen molar-refractivity contribution in [3.05, 3.63) is 81.9 Å². The normalized spacial score (nSPS) is 14.6. The summed E-state index contributed by atoms with van der Waals surface area (Å²) in [6, 6.07) is 15.6. The third kappa shape index (κ3) is 5.43. The van der Waals surface area contributed by atoms with E-state index in [0.29, 0.717) is 18.7 Å². The molecule has 0 unspecified atom stereocenters. The van der Waals surface area contributed by atoms with Gasteiger partial charge in [0.2, 0.25) is 0 Å². The molecule has 0 atom stereocenters. The molecule has 3 aromatic rings. The molecule has 0 spiro atoms. The minimum absolute atomic E-state index is 0.000606. The van der Waals surface area contributed by atoms with Crippen molar-refractivity contribution in [3.8, 4) is 0 Å². The summed E-state index contributed by atoms with van der Waals surface area (Å²) in [6.45, 7) is 5.28. The van der Waals surface area contributed by atoms with Crippen LogP contribution in [0.3, 0.4) is 0 Å². The van der Waals surface area contributed by atoms with Crippen molar-refractivity contribution in [3.63, 3.8) is 0 Å². The molecular formula is C25H26N2O2S2. The molecular weight excluding hydrogens is 424 g/mol. The summed E-state index contributed by atoms with van der Waals surface area (Å²) in [7, 11) is 0. The van der Waals surface area contributed by atoms with Crippen LogP contribution in [0.2, 0.25) is 0 Å². The Morgan fingerprint density at radius 3 is 2.26 bits per heavy atom. The first-order chi connectivity index (χ1) is 15.0. The molecule has 1 amide bonds. The summed E-state index contributed by atoms with van der Waals surface area (Å²) >= 11 is 3.38. The van der Waals surface area contributed by atoms with E-state index in [9.17, 15) is 9.59 Å². The average Bonchev–Trinajstić information content (AvgIpc) is 3.23. The second kappa shape index (κ2) is 9.79. The van der Waals surface area contributed by atoms with Crippen LogP contribution in [0.15, 0.2) is 58.3 Å². The van der Waals surface area contributed by atoms with Gasteiger partial charge in [0.15, 0.2) is 5.78 Å². The van der Waals surface area contributed by atoms with Gasteiger partial charge in [0.1, 0.15) is 4.34 Å². The van der Waals surface area contributed by atoms with Crippen molar-refractivity contribution < 1.29 is 9.59 Å². The third-order valence-corrected chi connectivity index (χ3v) is 7.86. The summed E-state index contributed by atoms with van der Waals surface area (Å²) < 4.78 is 1.07. The van der Waals surface area contributed by atoms with Gasteiger partial charge in [0.05, 0.1) is 0 Å². The molecule has 2 heterocycles. The number of piperidine rings is 1. The highest BCUT2D eigenvalue weighted by Crippen LogP contribution is 2.27. The number of carbonyl (C=O) groups is 2. The maximum absolute atomic E-state index is 12.9. The van der Waals surface area contributed by atoms with E-state index < -0.39 is 0 Å².